The van der Waals surface area contributed by atoms with E-state index < -0.39 is 10.1 Å². The van der Waals surface area contributed by atoms with Crippen molar-refractivity contribution < 1.29 is 22.6 Å². The number of aryl methyl sites for hydroxylation is 1. The van der Waals surface area contributed by atoms with Gasteiger partial charge in [0.15, 0.2) is 0 Å². The van der Waals surface area contributed by atoms with Gasteiger partial charge in [-0.25, -0.2) is 8.42 Å². The van der Waals surface area contributed by atoms with Crippen LogP contribution >= 0.6 is 0 Å². The standard InChI is InChI=1S/C20H44NO.C7H8O3S/c1-4-5-6-7-8-9-10-11-12-13-14-15-16-17-18-21(2,3)19-20-22;1-6-2-4-7(5-3-6)11(8,9)10/h22H,4-20H2,1-3H3;2-5H,1H3,(H,8,9,10)/q+1;/p-1. The topological polar surface area (TPSA) is 77.4 Å². The minimum atomic E-state index is -4.27. The fraction of sp³-hybridized carbons (Fsp3) is 0.778. The number of hydrogen-bond acceptors (Lipinski definition) is 4. The molecule has 0 aliphatic rings. The molecule has 0 amide bonds. The smallest absolute Gasteiger partial charge is 0.124 e. The monoisotopic (exact) mass is 485 g/mol. The molecular weight excluding hydrogens is 434 g/mol. The Bertz CT molecular complexity index is 672. The lowest BCUT2D eigenvalue weighted by atomic mass is 10.0. The fourth-order valence-electron chi connectivity index (χ4n) is 3.82. The normalized spacial score (nSPS) is 11.8. The van der Waals surface area contributed by atoms with Crippen molar-refractivity contribution in [3.63, 3.8) is 0 Å². The summed E-state index contributed by atoms with van der Waals surface area (Å²) >= 11 is 0. The summed E-state index contributed by atoms with van der Waals surface area (Å²) in [6.45, 7) is 6.51. The minimum absolute atomic E-state index is 0.178. The lowest BCUT2D eigenvalue weighted by Crippen LogP contribution is -2.42. The van der Waals surface area contributed by atoms with Crippen molar-refractivity contribution in [3.8, 4) is 0 Å². The van der Waals surface area contributed by atoms with Crippen LogP contribution in [0.5, 0.6) is 0 Å². The summed E-state index contributed by atoms with van der Waals surface area (Å²) in [6, 6.07) is 5.78. The molecule has 0 saturated carbocycles. The molecule has 1 N–H and O–H groups in total. The Labute approximate surface area is 204 Å². The molecule has 0 radical (unpaired) electrons. The van der Waals surface area contributed by atoms with Crippen molar-refractivity contribution in [1.29, 1.82) is 0 Å². The molecule has 0 aromatic heterocycles. The molecule has 6 heteroatoms. The summed E-state index contributed by atoms with van der Waals surface area (Å²) in [5, 5.41) is 9.00. The first kappa shape index (κ1) is 32.0. The summed E-state index contributed by atoms with van der Waals surface area (Å²) in [5.74, 6) is 0. The zero-order valence-electron chi connectivity index (χ0n) is 21.9. The molecule has 1 aromatic carbocycles. The van der Waals surface area contributed by atoms with Gasteiger partial charge in [-0.05, 0) is 31.9 Å². The molecule has 0 heterocycles. The number of likely N-dealkylation sites (N-methyl/N-ethyl adjacent to an activating group) is 1. The number of hydrogen-bond donors (Lipinski definition) is 1. The molecular formula is C27H51NO4S. The van der Waals surface area contributed by atoms with Gasteiger partial charge in [-0.2, -0.15) is 0 Å². The van der Waals surface area contributed by atoms with E-state index in [0.717, 1.165) is 16.6 Å². The molecule has 1 aromatic rings. The second-order valence-electron chi connectivity index (χ2n) is 9.97. The van der Waals surface area contributed by atoms with Crippen molar-refractivity contribution in [2.24, 2.45) is 0 Å². The highest BCUT2D eigenvalue weighted by Gasteiger charge is 2.12. The largest absolute Gasteiger partial charge is 0.744 e. The van der Waals surface area contributed by atoms with E-state index >= 15 is 0 Å². The van der Waals surface area contributed by atoms with E-state index in [-0.39, 0.29) is 4.90 Å². The van der Waals surface area contributed by atoms with Crippen LogP contribution in [0, 0.1) is 6.92 Å². The molecule has 0 aliphatic carbocycles. The van der Waals surface area contributed by atoms with Crippen molar-refractivity contribution in [2.75, 3.05) is 33.8 Å². The number of aliphatic hydroxyl groups is 1. The van der Waals surface area contributed by atoms with Gasteiger partial charge >= 0.3 is 0 Å². The van der Waals surface area contributed by atoms with Crippen LogP contribution < -0.4 is 0 Å². The number of benzene rings is 1. The maximum atomic E-state index is 10.4. The van der Waals surface area contributed by atoms with E-state index in [9.17, 15) is 13.0 Å². The molecule has 0 bridgehead atoms. The van der Waals surface area contributed by atoms with Crippen LogP contribution in [0.15, 0.2) is 29.2 Å². The van der Waals surface area contributed by atoms with Gasteiger partial charge in [0.2, 0.25) is 0 Å². The Morgan fingerprint density at radius 2 is 1.12 bits per heavy atom. The molecule has 0 unspecified atom stereocenters. The minimum Gasteiger partial charge on any atom is -0.744 e. The second kappa shape index (κ2) is 19.4. The Morgan fingerprint density at radius 1 is 0.727 bits per heavy atom. The van der Waals surface area contributed by atoms with E-state index in [1.165, 1.54) is 109 Å². The van der Waals surface area contributed by atoms with Gasteiger partial charge in [0.05, 0.1) is 32.1 Å². The van der Waals surface area contributed by atoms with E-state index in [2.05, 4.69) is 21.0 Å². The maximum absolute atomic E-state index is 10.4. The fourth-order valence-corrected chi connectivity index (χ4v) is 4.29. The van der Waals surface area contributed by atoms with E-state index in [0.29, 0.717) is 6.61 Å². The SMILES string of the molecule is CCCCCCCCCCCCCCCC[N+](C)(C)CCO.Cc1ccc(S(=O)(=O)[O-])cc1. The first-order valence-electron chi connectivity index (χ1n) is 13.1. The van der Waals surface area contributed by atoms with Gasteiger partial charge in [0.1, 0.15) is 16.7 Å². The molecule has 1 rings (SSSR count). The number of rotatable bonds is 18. The van der Waals surface area contributed by atoms with Gasteiger partial charge < -0.3 is 14.1 Å². The zero-order chi connectivity index (χ0) is 25.0. The third kappa shape index (κ3) is 20.2. The van der Waals surface area contributed by atoms with Crippen LogP contribution in [-0.2, 0) is 10.1 Å². The van der Waals surface area contributed by atoms with Gasteiger partial charge in [-0.3, -0.25) is 0 Å². The molecule has 0 atom stereocenters. The Morgan fingerprint density at radius 3 is 1.48 bits per heavy atom. The second-order valence-corrected chi connectivity index (χ2v) is 11.3. The quantitative estimate of drug-likeness (QED) is 0.147. The molecule has 0 spiro atoms. The molecule has 33 heavy (non-hydrogen) atoms. The van der Waals surface area contributed by atoms with Gasteiger partial charge in [-0.1, -0.05) is 102 Å². The highest BCUT2D eigenvalue weighted by molar-refractivity contribution is 7.85. The summed E-state index contributed by atoms with van der Waals surface area (Å²) in [4.78, 5) is -0.178. The van der Waals surface area contributed by atoms with Crippen molar-refractivity contribution in [3.05, 3.63) is 29.8 Å². The zero-order valence-corrected chi connectivity index (χ0v) is 22.7. The predicted octanol–water partition coefficient (Wildman–Crippen LogP) is 6.44. The molecule has 194 valence electrons. The van der Waals surface area contributed by atoms with Crippen LogP contribution in [0.1, 0.15) is 102 Å². The van der Waals surface area contributed by atoms with Crippen LogP contribution in [0.25, 0.3) is 0 Å². The summed E-state index contributed by atoms with van der Waals surface area (Å²) in [5.41, 5.74) is 0.928. The van der Waals surface area contributed by atoms with Gasteiger partial charge in [0.25, 0.3) is 0 Å². The molecule has 0 saturated heterocycles. The Balaban J connectivity index is 0.000000771. The third-order valence-corrected chi connectivity index (χ3v) is 6.98. The predicted molar refractivity (Wildman–Crippen MR) is 138 cm³/mol. The third-order valence-electron chi connectivity index (χ3n) is 6.13. The number of quaternary nitrogens is 1. The number of nitrogens with zero attached hydrogens (tertiary/aromatic N) is 1. The Hall–Kier alpha value is -0.950. The number of unbranched alkanes of at least 4 members (excludes halogenated alkanes) is 13. The highest BCUT2D eigenvalue weighted by atomic mass is 32.2. The van der Waals surface area contributed by atoms with Gasteiger partial charge in [-0.15, -0.1) is 0 Å². The summed E-state index contributed by atoms with van der Waals surface area (Å²) < 4.78 is 32.1. The first-order valence-corrected chi connectivity index (χ1v) is 14.5. The molecule has 5 nitrogen and oxygen atoms in total. The van der Waals surface area contributed by atoms with Crippen LogP contribution in [-0.4, -0.2) is 56.4 Å². The summed E-state index contributed by atoms with van der Waals surface area (Å²) in [6.07, 6.45) is 19.9. The first-order chi connectivity index (χ1) is 15.6. The molecule has 0 aliphatic heterocycles. The average molecular weight is 486 g/mol. The lowest BCUT2D eigenvalue weighted by Gasteiger charge is -2.28. The van der Waals surface area contributed by atoms with Crippen molar-refractivity contribution >= 4 is 10.1 Å². The number of aliphatic hydroxyl groups excluding tert-OH is 1. The van der Waals surface area contributed by atoms with Gasteiger partial charge in [0, 0.05) is 0 Å². The van der Waals surface area contributed by atoms with E-state index in [4.69, 9.17) is 5.11 Å². The average Bonchev–Trinajstić information content (AvgIpc) is 2.74. The van der Waals surface area contributed by atoms with E-state index in [1.54, 1.807) is 12.1 Å². The lowest BCUT2D eigenvalue weighted by molar-refractivity contribution is -0.890. The van der Waals surface area contributed by atoms with Crippen molar-refractivity contribution in [2.45, 2.75) is 109 Å². The highest BCUT2D eigenvalue weighted by Crippen LogP contribution is 2.13. The maximum Gasteiger partial charge on any atom is 0.124 e. The van der Waals surface area contributed by atoms with Crippen LogP contribution in [0.3, 0.4) is 0 Å². The van der Waals surface area contributed by atoms with E-state index in [1.807, 2.05) is 6.92 Å². The van der Waals surface area contributed by atoms with Crippen LogP contribution in [0.4, 0.5) is 0 Å². The molecule has 0 fully saturated rings. The summed E-state index contributed by atoms with van der Waals surface area (Å²) in [7, 11) is 0.172. The Kier molecular flexibility index (Phi) is 18.8. The van der Waals surface area contributed by atoms with Crippen LogP contribution in [0.2, 0.25) is 0 Å². The van der Waals surface area contributed by atoms with Crippen molar-refractivity contribution in [1.82, 2.24) is 0 Å².